The standard InChI is InChI=1S/C10H10N6/c11-4-6-1-2-7-8(3-6)14-10(13-7)9-5-12-16-15-9/h1-3,5H,4,11H2,(H,13,14)(H,12,15,16). The molecule has 0 aliphatic heterocycles. The van der Waals surface area contributed by atoms with Crippen molar-refractivity contribution in [3.05, 3.63) is 30.0 Å². The lowest BCUT2D eigenvalue weighted by Gasteiger charge is -1.94. The first-order valence-electron chi connectivity index (χ1n) is 4.91. The van der Waals surface area contributed by atoms with Crippen LogP contribution in [-0.4, -0.2) is 25.4 Å². The number of nitrogens with two attached hydrogens (primary N) is 1. The molecule has 0 fully saturated rings. The van der Waals surface area contributed by atoms with E-state index in [-0.39, 0.29) is 0 Å². The Balaban J connectivity index is 2.16. The summed E-state index contributed by atoms with van der Waals surface area (Å²) < 4.78 is 0. The van der Waals surface area contributed by atoms with Crippen LogP contribution in [0, 0.1) is 0 Å². The molecule has 1 aromatic carbocycles. The van der Waals surface area contributed by atoms with E-state index in [9.17, 15) is 0 Å². The van der Waals surface area contributed by atoms with Crippen LogP contribution in [0.1, 0.15) is 5.56 Å². The summed E-state index contributed by atoms with van der Waals surface area (Å²) in [5.41, 5.74) is 9.21. The predicted molar refractivity (Wildman–Crippen MR) is 59.4 cm³/mol. The van der Waals surface area contributed by atoms with Crippen molar-refractivity contribution in [2.24, 2.45) is 5.73 Å². The summed E-state index contributed by atoms with van der Waals surface area (Å²) in [5, 5.41) is 10.3. The van der Waals surface area contributed by atoms with Gasteiger partial charge in [0.05, 0.1) is 17.2 Å². The summed E-state index contributed by atoms with van der Waals surface area (Å²) in [7, 11) is 0. The number of aromatic nitrogens is 5. The summed E-state index contributed by atoms with van der Waals surface area (Å²) in [4.78, 5) is 7.60. The molecule has 80 valence electrons. The number of hydrogen-bond acceptors (Lipinski definition) is 4. The fourth-order valence-corrected chi connectivity index (χ4v) is 1.62. The van der Waals surface area contributed by atoms with E-state index in [2.05, 4.69) is 25.4 Å². The summed E-state index contributed by atoms with van der Waals surface area (Å²) >= 11 is 0. The van der Waals surface area contributed by atoms with Crippen LogP contribution < -0.4 is 5.73 Å². The van der Waals surface area contributed by atoms with Gasteiger partial charge in [-0.05, 0) is 17.7 Å². The second-order valence-electron chi connectivity index (χ2n) is 3.50. The lowest BCUT2D eigenvalue weighted by Crippen LogP contribution is -1.95. The van der Waals surface area contributed by atoms with Gasteiger partial charge in [0.25, 0.3) is 0 Å². The van der Waals surface area contributed by atoms with E-state index >= 15 is 0 Å². The number of fused-ring (bicyclic) bond motifs is 1. The summed E-state index contributed by atoms with van der Waals surface area (Å²) in [6, 6.07) is 5.90. The highest BCUT2D eigenvalue weighted by molar-refractivity contribution is 5.79. The second kappa shape index (κ2) is 3.42. The van der Waals surface area contributed by atoms with Gasteiger partial charge in [0.15, 0.2) is 5.82 Å². The topological polar surface area (TPSA) is 96.3 Å². The van der Waals surface area contributed by atoms with Crippen molar-refractivity contribution < 1.29 is 0 Å². The first kappa shape index (κ1) is 9.05. The third-order valence-electron chi connectivity index (χ3n) is 2.44. The van der Waals surface area contributed by atoms with Crippen molar-refractivity contribution in [3.8, 4) is 11.5 Å². The maximum Gasteiger partial charge on any atom is 0.160 e. The Kier molecular flexibility index (Phi) is 1.94. The minimum atomic E-state index is 0.522. The molecule has 0 saturated heterocycles. The first-order valence-corrected chi connectivity index (χ1v) is 4.91. The molecular formula is C10H10N6. The molecule has 6 heteroatoms. The average molecular weight is 214 g/mol. The largest absolute Gasteiger partial charge is 0.337 e. The third kappa shape index (κ3) is 1.36. The number of hydrogen-bond donors (Lipinski definition) is 3. The summed E-state index contributed by atoms with van der Waals surface area (Å²) in [6.07, 6.45) is 1.63. The molecule has 0 amide bonds. The minimum absolute atomic E-state index is 0.522. The highest BCUT2D eigenvalue weighted by atomic mass is 15.3. The van der Waals surface area contributed by atoms with Gasteiger partial charge < -0.3 is 10.7 Å². The van der Waals surface area contributed by atoms with E-state index < -0.39 is 0 Å². The van der Waals surface area contributed by atoms with Gasteiger partial charge in [-0.1, -0.05) is 6.07 Å². The van der Waals surface area contributed by atoms with Crippen LogP contribution in [0.5, 0.6) is 0 Å². The molecule has 16 heavy (non-hydrogen) atoms. The molecule has 0 atom stereocenters. The van der Waals surface area contributed by atoms with Gasteiger partial charge in [0, 0.05) is 6.54 Å². The van der Waals surface area contributed by atoms with E-state index in [1.807, 2.05) is 18.2 Å². The monoisotopic (exact) mass is 214 g/mol. The van der Waals surface area contributed by atoms with E-state index in [1.54, 1.807) is 6.20 Å². The Labute approximate surface area is 90.9 Å². The molecular weight excluding hydrogens is 204 g/mol. The number of rotatable bonds is 2. The van der Waals surface area contributed by atoms with Crippen molar-refractivity contribution in [2.45, 2.75) is 6.54 Å². The number of nitrogens with zero attached hydrogens (tertiary/aromatic N) is 3. The van der Waals surface area contributed by atoms with Gasteiger partial charge in [0.1, 0.15) is 5.69 Å². The predicted octanol–water partition coefficient (Wildman–Crippen LogP) is 0.807. The van der Waals surface area contributed by atoms with Gasteiger partial charge in [0.2, 0.25) is 0 Å². The maximum absolute atomic E-state index is 5.58. The minimum Gasteiger partial charge on any atom is -0.337 e. The maximum atomic E-state index is 5.58. The molecule has 0 bridgehead atoms. The van der Waals surface area contributed by atoms with Gasteiger partial charge in [-0.3, -0.25) is 0 Å². The summed E-state index contributed by atoms with van der Waals surface area (Å²) in [6.45, 7) is 0.522. The highest BCUT2D eigenvalue weighted by Gasteiger charge is 2.07. The zero-order valence-electron chi connectivity index (χ0n) is 8.44. The number of aromatic amines is 2. The van der Waals surface area contributed by atoms with E-state index in [4.69, 9.17) is 5.73 Å². The van der Waals surface area contributed by atoms with Crippen LogP contribution in [0.15, 0.2) is 24.4 Å². The Bertz CT molecular complexity index is 609. The van der Waals surface area contributed by atoms with E-state index in [1.165, 1.54) is 0 Å². The Morgan fingerprint density at radius 3 is 3.00 bits per heavy atom. The molecule has 3 aromatic rings. The van der Waals surface area contributed by atoms with Crippen molar-refractivity contribution in [2.75, 3.05) is 0 Å². The quantitative estimate of drug-likeness (QED) is 0.588. The highest BCUT2D eigenvalue weighted by Crippen LogP contribution is 2.18. The number of H-pyrrole nitrogens is 2. The van der Waals surface area contributed by atoms with Crippen molar-refractivity contribution in [3.63, 3.8) is 0 Å². The Morgan fingerprint density at radius 2 is 2.25 bits per heavy atom. The Morgan fingerprint density at radius 1 is 1.31 bits per heavy atom. The van der Waals surface area contributed by atoms with Crippen LogP contribution >= 0.6 is 0 Å². The molecule has 4 N–H and O–H groups in total. The second-order valence-corrected chi connectivity index (χ2v) is 3.50. The van der Waals surface area contributed by atoms with Crippen LogP contribution in [0.2, 0.25) is 0 Å². The molecule has 0 aliphatic carbocycles. The van der Waals surface area contributed by atoms with E-state index in [0.717, 1.165) is 16.6 Å². The van der Waals surface area contributed by atoms with Crippen LogP contribution in [0.4, 0.5) is 0 Å². The lowest BCUT2D eigenvalue weighted by molar-refractivity contribution is 0.940. The molecule has 3 rings (SSSR count). The lowest BCUT2D eigenvalue weighted by atomic mass is 10.2. The Hall–Kier alpha value is -2.21. The molecule has 0 spiro atoms. The van der Waals surface area contributed by atoms with Crippen LogP contribution in [0.25, 0.3) is 22.6 Å². The number of benzene rings is 1. The molecule has 0 radical (unpaired) electrons. The zero-order chi connectivity index (χ0) is 11.0. The van der Waals surface area contributed by atoms with Crippen LogP contribution in [0.3, 0.4) is 0 Å². The van der Waals surface area contributed by atoms with Gasteiger partial charge in [-0.2, -0.15) is 15.4 Å². The molecule has 0 saturated carbocycles. The number of nitrogens with one attached hydrogen (secondary N) is 2. The fraction of sp³-hybridized carbons (Fsp3) is 0.100. The van der Waals surface area contributed by atoms with E-state index in [0.29, 0.717) is 18.1 Å². The van der Waals surface area contributed by atoms with Crippen molar-refractivity contribution in [1.82, 2.24) is 25.4 Å². The van der Waals surface area contributed by atoms with Gasteiger partial charge >= 0.3 is 0 Å². The third-order valence-corrected chi connectivity index (χ3v) is 2.44. The smallest absolute Gasteiger partial charge is 0.160 e. The van der Waals surface area contributed by atoms with Crippen molar-refractivity contribution in [1.29, 1.82) is 0 Å². The molecule has 2 heterocycles. The molecule has 0 aliphatic rings. The first-order chi connectivity index (χ1) is 7.86. The molecule has 0 unspecified atom stereocenters. The zero-order valence-corrected chi connectivity index (χ0v) is 8.44. The average Bonchev–Trinajstić information content (AvgIpc) is 2.96. The normalized spacial score (nSPS) is 11.1. The summed E-state index contributed by atoms with van der Waals surface area (Å²) in [5.74, 6) is 0.706. The van der Waals surface area contributed by atoms with Crippen LogP contribution in [-0.2, 0) is 6.54 Å². The fourth-order valence-electron chi connectivity index (χ4n) is 1.62. The van der Waals surface area contributed by atoms with Crippen molar-refractivity contribution >= 4 is 11.0 Å². The van der Waals surface area contributed by atoms with Gasteiger partial charge in [-0.15, -0.1) is 0 Å². The molecule has 6 nitrogen and oxygen atoms in total. The number of imidazole rings is 1. The molecule has 2 aromatic heterocycles. The van der Waals surface area contributed by atoms with Gasteiger partial charge in [-0.25, -0.2) is 4.98 Å². The SMILES string of the molecule is NCc1ccc2nc(-c3cn[nH]n3)[nH]c2c1.